The fourth-order valence-electron chi connectivity index (χ4n) is 2.04. The molecule has 0 aromatic carbocycles. The molecule has 3 heterocycles. The molecule has 1 amide bonds. The fourth-order valence-corrected chi connectivity index (χ4v) is 2.04. The van der Waals surface area contributed by atoms with Crippen molar-refractivity contribution in [1.82, 2.24) is 14.4 Å². The number of aromatic nitrogens is 3. The molecular weight excluding hydrogens is 321 g/mol. The van der Waals surface area contributed by atoms with Gasteiger partial charge in [0, 0.05) is 18.5 Å². The summed E-state index contributed by atoms with van der Waals surface area (Å²) < 4.78 is 39.1. The molecule has 0 bridgehead atoms. The van der Waals surface area contributed by atoms with E-state index in [4.69, 9.17) is 0 Å². The molecule has 8 heteroatoms. The minimum Gasteiger partial charge on any atom is -0.307 e. The van der Waals surface area contributed by atoms with Crippen LogP contribution in [0.5, 0.6) is 0 Å². The standard InChI is InChI=1S/C16H11F3N4O/c17-16(18,19)11-4-6-13(20-9-11)22-15(24)7-5-12-10-21-14-3-1-2-8-23(12)14/h1-10H,(H,20,22,24)/b7-5+. The highest BCUT2D eigenvalue weighted by molar-refractivity contribution is 6.01. The lowest BCUT2D eigenvalue weighted by molar-refractivity contribution is -0.137. The SMILES string of the molecule is O=C(/C=C/c1cnc2ccccn12)Nc1ccc(C(F)(F)F)cn1. The molecule has 0 aliphatic heterocycles. The Morgan fingerprint density at radius 2 is 1.96 bits per heavy atom. The number of rotatable bonds is 3. The molecule has 5 nitrogen and oxygen atoms in total. The Labute approximate surface area is 134 Å². The highest BCUT2D eigenvalue weighted by atomic mass is 19.4. The zero-order chi connectivity index (χ0) is 17.2. The third-order valence-corrected chi connectivity index (χ3v) is 3.19. The third kappa shape index (κ3) is 3.43. The summed E-state index contributed by atoms with van der Waals surface area (Å²) in [4.78, 5) is 19.6. The lowest BCUT2D eigenvalue weighted by atomic mass is 10.3. The van der Waals surface area contributed by atoms with Gasteiger partial charge in [-0.05, 0) is 30.3 Å². The van der Waals surface area contributed by atoms with Gasteiger partial charge in [-0.15, -0.1) is 0 Å². The Hall–Kier alpha value is -3.16. The minimum absolute atomic E-state index is 0.0378. The lowest BCUT2D eigenvalue weighted by Crippen LogP contribution is -2.11. The summed E-state index contributed by atoms with van der Waals surface area (Å²) in [5.74, 6) is -0.469. The van der Waals surface area contributed by atoms with E-state index in [-0.39, 0.29) is 5.82 Å². The third-order valence-electron chi connectivity index (χ3n) is 3.19. The van der Waals surface area contributed by atoms with Crippen molar-refractivity contribution in [3.8, 4) is 0 Å². The Bertz CT molecular complexity index is 898. The van der Waals surface area contributed by atoms with Crippen molar-refractivity contribution in [1.29, 1.82) is 0 Å². The van der Waals surface area contributed by atoms with Crippen LogP contribution in [0, 0.1) is 0 Å². The number of nitrogens with one attached hydrogen (secondary N) is 1. The molecule has 122 valence electrons. The summed E-state index contributed by atoms with van der Waals surface area (Å²) in [5.41, 5.74) is 0.560. The predicted molar refractivity (Wildman–Crippen MR) is 82.1 cm³/mol. The summed E-state index contributed by atoms with van der Waals surface area (Å²) in [6.45, 7) is 0. The number of fused-ring (bicyclic) bond motifs is 1. The average Bonchev–Trinajstić information content (AvgIpc) is 2.96. The molecule has 0 aliphatic rings. The van der Waals surface area contributed by atoms with Crippen molar-refractivity contribution < 1.29 is 18.0 Å². The first-order valence-corrected chi connectivity index (χ1v) is 6.88. The summed E-state index contributed by atoms with van der Waals surface area (Å²) >= 11 is 0. The van der Waals surface area contributed by atoms with Gasteiger partial charge in [0.1, 0.15) is 11.5 Å². The van der Waals surface area contributed by atoms with Crippen LogP contribution in [0.1, 0.15) is 11.3 Å². The maximum atomic E-state index is 12.4. The maximum absolute atomic E-state index is 12.4. The number of alkyl halides is 3. The Balaban J connectivity index is 1.69. The molecular formula is C16H11F3N4O. The zero-order valence-electron chi connectivity index (χ0n) is 12.2. The summed E-state index contributed by atoms with van der Waals surface area (Å²) in [5, 5.41) is 2.40. The molecule has 0 aliphatic carbocycles. The summed E-state index contributed by atoms with van der Waals surface area (Å²) in [6, 6.07) is 7.46. The van der Waals surface area contributed by atoms with Gasteiger partial charge in [0.2, 0.25) is 5.91 Å². The molecule has 3 rings (SSSR count). The second-order valence-corrected chi connectivity index (χ2v) is 4.86. The van der Waals surface area contributed by atoms with Crippen LogP contribution < -0.4 is 5.32 Å². The van der Waals surface area contributed by atoms with Crippen LogP contribution in [0.15, 0.2) is 55.0 Å². The van der Waals surface area contributed by atoms with Crippen molar-refractivity contribution in [3.63, 3.8) is 0 Å². The number of carbonyl (C=O) groups excluding carboxylic acids is 1. The van der Waals surface area contributed by atoms with E-state index in [1.54, 1.807) is 22.9 Å². The summed E-state index contributed by atoms with van der Waals surface area (Å²) in [7, 11) is 0. The van der Waals surface area contributed by atoms with Gasteiger partial charge in [0.05, 0.1) is 17.5 Å². The Morgan fingerprint density at radius 1 is 1.12 bits per heavy atom. The molecule has 0 radical (unpaired) electrons. The second kappa shape index (κ2) is 6.15. The van der Waals surface area contributed by atoms with Crippen LogP contribution in [-0.4, -0.2) is 20.3 Å². The van der Waals surface area contributed by atoms with Crippen molar-refractivity contribution in [3.05, 3.63) is 66.3 Å². The number of nitrogens with zero attached hydrogens (tertiary/aromatic N) is 3. The molecule has 0 saturated heterocycles. The maximum Gasteiger partial charge on any atom is 0.417 e. The topological polar surface area (TPSA) is 59.3 Å². The van der Waals surface area contributed by atoms with E-state index in [0.29, 0.717) is 11.9 Å². The second-order valence-electron chi connectivity index (χ2n) is 4.86. The van der Waals surface area contributed by atoms with E-state index in [2.05, 4.69) is 15.3 Å². The molecule has 0 atom stereocenters. The van der Waals surface area contributed by atoms with E-state index in [1.807, 2.05) is 18.2 Å². The molecule has 24 heavy (non-hydrogen) atoms. The van der Waals surface area contributed by atoms with E-state index >= 15 is 0 Å². The molecule has 0 fully saturated rings. The number of amides is 1. The number of carbonyl (C=O) groups is 1. The van der Waals surface area contributed by atoms with Gasteiger partial charge < -0.3 is 9.72 Å². The smallest absolute Gasteiger partial charge is 0.307 e. The summed E-state index contributed by atoms with van der Waals surface area (Å²) in [6.07, 6.45) is 2.43. The van der Waals surface area contributed by atoms with Crippen molar-refractivity contribution >= 4 is 23.4 Å². The van der Waals surface area contributed by atoms with Gasteiger partial charge >= 0.3 is 6.18 Å². The van der Waals surface area contributed by atoms with Gasteiger partial charge in [-0.1, -0.05) is 6.07 Å². The number of hydrogen-bond donors (Lipinski definition) is 1. The zero-order valence-corrected chi connectivity index (χ0v) is 12.2. The van der Waals surface area contributed by atoms with E-state index < -0.39 is 17.6 Å². The number of pyridine rings is 2. The normalized spacial score (nSPS) is 12.0. The Kier molecular flexibility index (Phi) is 4.03. The quantitative estimate of drug-likeness (QED) is 0.748. The van der Waals surface area contributed by atoms with Crippen LogP contribution in [0.25, 0.3) is 11.7 Å². The van der Waals surface area contributed by atoms with Crippen LogP contribution in [0.3, 0.4) is 0 Å². The average molecular weight is 332 g/mol. The predicted octanol–water partition coefficient (Wildman–Crippen LogP) is 3.40. The highest BCUT2D eigenvalue weighted by Crippen LogP contribution is 2.28. The van der Waals surface area contributed by atoms with Crippen LogP contribution in [0.2, 0.25) is 0 Å². The number of anilines is 1. The molecule has 0 unspecified atom stereocenters. The molecule has 3 aromatic rings. The monoisotopic (exact) mass is 332 g/mol. The number of hydrogen-bond acceptors (Lipinski definition) is 3. The van der Waals surface area contributed by atoms with E-state index in [9.17, 15) is 18.0 Å². The highest BCUT2D eigenvalue weighted by Gasteiger charge is 2.30. The first-order valence-electron chi connectivity index (χ1n) is 6.88. The fraction of sp³-hybridized carbons (Fsp3) is 0.0625. The van der Waals surface area contributed by atoms with Gasteiger partial charge in [-0.25, -0.2) is 9.97 Å². The van der Waals surface area contributed by atoms with Crippen LogP contribution in [0.4, 0.5) is 19.0 Å². The first-order chi connectivity index (χ1) is 11.4. The van der Waals surface area contributed by atoms with E-state index in [1.165, 1.54) is 6.08 Å². The number of imidazole rings is 1. The molecule has 0 saturated carbocycles. The van der Waals surface area contributed by atoms with Gasteiger partial charge in [-0.2, -0.15) is 13.2 Å². The van der Waals surface area contributed by atoms with Crippen molar-refractivity contribution in [2.45, 2.75) is 6.18 Å². The minimum atomic E-state index is -4.46. The first kappa shape index (κ1) is 15.7. The van der Waals surface area contributed by atoms with Gasteiger partial charge in [-0.3, -0.25) is 4.79 Å². The van der Waals surface area contributed by atoms with Crippen molar-refractivity contribution in [2.75, 3.05) is 5.32 Å². The lowest BCUT2D eigenvalue weighted by Gasteiger charge is -2.06. The molecule has 3 aromatic heterocycles. The van der Waals surface area contributed by atoms with Gasteiger partial charge in [0.25, 0.3) is 0 Å². The van der Waals surface area contributed by atoms with Crippen molar-refractivity contribution in [2.24, 2.45) is 0 Å². The number of halogens is 3. The largest absolute Gasteiger partial charge is 0.417 e. The van der Waals surface area contributed by atoms with E-state index in [0.717, 1.165) is 17.8 Å². The van der Waals surface area contributed by atoms with Crippen LogP contribution >= 0.6 is 0 Å². The molecule has 0 spiro atoms. The molecule has 1 N–H and O–H groups in total. The van der Waals surface area contributed by atoms with Gasteiger partial charge in [0.15, 0.2) is 0 Å². The van der Waals surface area contributed by atoms with Crippen LogP contribution in [-0.2, 0) is 11.0 Å². The Morgan fingerprint density at radius 3 is 2.67 bits per heavy atom.